The summed E-state index contributed by atoms with van der Waals surface area (Å²) in [5.74, 6) is 2.88. The number of likely N-dealkylation sites (N-methyl/N-ethyl adjacent to an activating group) is 1. The van der Waals surface area contributed by atoms with Crippen molar-refractivity contribution >= 4 is 29.0 Å². The number of hydrogen-bond acceptors (Lipinski definition) is 8. The van der Waals surface area contributed by atoms with Crippen molar-refractivity contribution in [3.8, 4) is 11.5 Å². The number of benzene rings is 2. The Morgan fingerprint density at radius 1 is 1.02 bits per heavy atom. The van der Waals surface area contributed by atoms with E-state index in [1.165, 1.54) is 6.42 Å². The van der Waals surface area contributed by atoms with Crippen molar-refractivity contribution in [3.05, 3.63) is 89.9 Å². The average Bonchev–Trinajstić information content (AvgIpc) is 3.52. The molecule has 52 heavy (non-hydrogen) atoms. The van der Waals surface area contributed by atoms with Gasteiger partial charge in [0.25, 0.3) is 0 Å². The Hall–Kier alpha value is -4.94. The molecule has 12 nitrogen and oxygen atoms in total. The van der Waals surface area contributed by atoms with Crippen LogP contribution in [0.15, 0.2) is 78.8 Å². The van der Waals surface area contributed by atoms with Gasteiger partial charge < -0.3 is 30.0 Å². The van der Waals surface area contributed by atoms with E-state index in [4.69, 9.17) is 14.9 Å². The standard InChI is InChI=1S/C40H53N9O3/c1-27-12-9-10-21-48(27)39-46-45-37-20-17-30(26-49(37)39)52-34-19-18-33(31-15-7-8-16-32(31)34)43-38(50)44-36(25-35(41)40(2,3)4)42-28-13-11-14-29(24-28)51-23-22-47(5)6/h7-8,11,13-17,20,24-27,33-34,41-42H,9-10,12,18-19,21-23H2,1-6H3,(H2,43,44,50)/p+1. The zero-order chi connectivity index (χ0) is 36.8. The number of ether oxygens (including phenoxy) is 2. The fraction of sp³-hybridized carbons (Fsp3) is 0.450. The normalized spacial score (nSPS) is 19.3. The zero-order valence-corrected chi connectivity index (χ0v) is 31.4. The van der Waals surface area contributed by atoms with E-state index in [9.17, 15) is 4.79 Å². The van der Waals surface area contributed by atoms with E-state index < -0.39 is 5.41 Å². The molecular weight excluding hydrogens is 654 g/mol. The third-order valence-corrected chi connectivity index (χ3v) is 9.79. The van der Waals surface area contributed by atoms with Gasteiger partial charge in [-0.25, -0.2) is 4.79 Å². The number of carbonyl (C=O) groups is 1. The Labute approximate surface area is 307 Å². The first kappa shape index (κ1) is 36.8. The predicted octanol–water partition coefficient (Wildman–Crippen LogP) is 6.11. The molecule has 1 aliphatic carbocycles. The van der Waals surface area contributed by atoms with E-state index >= 15 is 0 Å². The summed E-state index contributed by atoms with van der Waals surface area (Å²) in [5, 5.41) is 25.8. The van der Waals surface area contributed by atoms with Gasteiger partial charge in [-0.3, -0.25) is 15.0 Å². The minimum Gasteiger partial charge on any atom is -0.492 e. The number of carbonyl (C=O) groups excluding carboxylic acids is 1. The van der Waals surface area contributed by atoms with Crippen LogP contribution in [0.25, 0.3) is 5.65 Å². The van der Waals surface area contributed by atoms with Crippen molar-refractivity contribution in [2.75, 3.05) is 38.7 Å². The van der Waals surface area contributed by atoms with E-state index in [-0.39, 0.29) is 18.2 Å². The molecule has 276 valence electrons. The number of pyridine rings is 1. The quantitative estimate of drug-likeness (QED) is 0.103. The summed E-state index contributed by atoms with van der Waals surface area (Å²) in [4.78, 5) is 18.1. The maximum absolute atomic E-state index is 13.6. The largest absolute Gasteiger partial charge is 0.492 e. The number of nitrogens with two attached hydrogens (primary N) is 1. The number of fused-ring (bicyclic) bond motifs is 2. The number of rotatable bonds is 12. The van der Waals surface area contributed by atoms with Gasteiger partial charge in [-0.05, 0) is 88.5 Å². The summed E-state index contributed by atoms with van der Waals surface area (Å²) < 4.78 is 14.6. The zero-order valence-electron chi connectivity index (χ0n) is 31.4. The van der Waals surface area contributed by atoms with Crippen molar-refractivity contribution in [2.24, 2.45) is 5.41 Å². The van der Waals surface area contributed by atoms with Crippen LogP contribution < -0.4 is 30.3 Å². The Bertz CT molecular complexity index is 1900. The lowest BCUT2D eigenvalue weighted by Crippen LogP contribution is -2.79. The van der Waals surface area contributed by atoms with E-state index in [1.807, 2.05) is 99.3 Å². The molecule has 6 rings (SSSR count). The summed E-state index contributed by atoms with van der Waals surface area (Å²) >= 11 is 0. The number of amides is 2. The van der Waals surface area contributed by atoms with E-state index in [0.717, 1.165) is 72.3 Å². The second kappa shape index (κ2) is 16.2. The molecular formula is C40H54N9O3+. The van der Waals surface area contributed by atoms with Crippen LogP contribution in [0.4, 0.5) is 16.4 Å². The first-order valence-corrected chi connectivity index (χ1v) is 18.4. The Morgan fingerprint density at radius 3 is 2.60 bits per heavy atom. The Morgan fingerprint density at radius 2 is 1.83 bits per heavy atom. The molecule has 4 aromatic rings. The van der Waals surface area contributed by atoms with Crippen LogP contribution >= 0.6 is 0 Å². The molecule has 1 aliphatic heterocycles. The molecule has 3 unspecified atom stereocenters. The number of piperidine rings is 1. The summed E-state index contributed by atoms with van der Waals surface area (Å²) in [7, 11) is 4.02. The molecule has 0 spiro atoms. The predicted molar refractivity (Wildman–Crippen MR) is 204 cm³/mol. The van der Waals surface area contributed by atoms with Crippen LogP contribution in [0.1, 0.15) is 83.1 Å². The highest BCUT2D eigenvalue weighted by Crippen LogP contribution is 2.39. The highest BCUT2D eigenvalue weighted by Gasteiger charge is 2.30. The Kier molecular flexibility index (Phi) is 11.5. The highest BCUT2D eigenvalue weighted by molar-refractivity contribution is 5.97. The SMILES string of the molecule is CC1CCCCN1c1nnc2ccc(OC3CCC(NC(=O)NC(=CC(=N)C(C)(C)C)[NH2+]c4cccc(OCCN(C)C)c4)c4ccccc43)cn12. The molecule has 2 amide bonds. The summed E-state index contributed by atoms with van der Waals surface area (Å²) in [5.41, 5.74) is 3.75. The summed E-state index contributed by atoms with van der Waals surface area (Å²) in [6.45, 7) is 10.5. The third kappa shape index (κ3) is 9.10. The molecule has 0 radical (unpaired) electrons. The lowest BCUT2D eigenvalue weighted by molar-refractivity contribution is -0.522. The molecule has 3 heterocycles. The van der Waals surface area contributed by atoms with Crippen molar-refractivity contribution < 1.29 is 19.6 Å². The van der Waals surface area contributed by atoms with Gasteiger partial charge in [0.15, 0.2) is 5.65 Å². The molecule has 12 heteroatoms. The number of anilines is 1. The number of hydrogen-bond donors (Lipinski definition) is 4. The van der Waals surface area contributed by atoms with Gasteiger partial charge >= 0.3 is 6.03 Å². The van der Waals surface area contributed by atoms with Crippen LogP contribution in [0, 0.1) is 10.8 Å². The van der Waals surface area contributed by atoms with Gasteiger partial charge in [-0.1, -0.05) is 51.1 Å². The Balaban J connectivity index is 1.15. The van der Waals surface area contributed by atoms with Gasteiger partial charge in [-0.15, -0.1) is 10.2 Å². The summed E-state index contributed by atoms with van der Waals surface area (Å²) in [6, 6.07) is 19.7. The third-order valence-electron chi connectivity index (χ3n) is 9.79. The monoisotopic (exact) mass is 708 g/mol. The van der Waals surface area contributed by atoms with E-state index in [1.54, 1.807) is 6.08 Å². The van der Waals surface area contributed by atoms with Gasteiger partial charge in [-0.2, -0.15) is 0 Å². The van der Waals surface area contributed by atoms with Crippen molar-refractivity contribution in [1.82, 2.24) is 30.1 Å². The topological polar surface area (TPSA) is 137 Å². The molecule has 0 bridgehead atoms. The molecule has 2 aliphatic rings. The van der Waals surface area contributed by atoms with Crippen LogP contribution in [-0.4, -0.2) is 71.1 Å². The second-order valence-electron chi connectivity index (χ2n) is 15.2. The molecule has 2 aromatic carbocycles. The number of allylic oxidation sites excluding steroid dienone is 1. The number of aromatic nitrogens is 3. The van der Waals surface area contributed by atoms with Gasteiger partial charge in [0.05, 0.1) is 12.2 Å². The maximum atomic E-state index is 13.6. The number of quaternary nitrogens is 1. The van der Waals surface area contributed by atoms with Crippen molar-refractivity contribution in [1.29, 1.82) is 5.41 Å². The van der Waals surface area contributed by atoms with E-state index in [0.29, 0.717) is 30.6 Å². The van der Waals surface area contributed by atoms with Crippen molar-refractivity contribution in [2.45, 2.75) is 78.0 Å². The van der Waals surface area contributed by atoms with E-state index in [2.05, 4.69) is 49.7 Å². The van der Waals surface area contributed by atoms with Gasteiger partial charge in [0.2, 0.25) is 11.8 Å². The lowest BCUT2D eigenvalue weighted by atomic mass is 9.85. The van der Waals surface area contributed by atoms with Gasteiger partial charge in [0, 0.05) is 42.4 Å². The minimum atomic E-state index is -0.391. The van der Waals surface area contributed by atoms with Crippen LogP contribution in [0.5, 0.6) is 11.5 Å². The molecule has 1 fully saturated rings. The molecule has 0 saturated carbocycles. The second-order valence-corrected chi connectivity index (χ2v) is 15.2. The average molecular weight is 709 g/mol. The fourth-order valence-electron chi connectivity index (χ4n) is 6.74. The number of nitrogens with zero attached hydrogens (tertiary/aromatic N) is 5. The molecule has 3 atom stereocenters. The van der Waals surface area contributed by atoms with Crippen LogP contribution in [-0.2, 0) is 0 Å². The summed E-state index contributed by atoms with van der Waals surface area (Å²) in [6.07, 6.45) is 8.51. The van der Waals surface area contributed by atoms with Crippen LogP contribution in [0.2, 0.25) is 0 Å². The smallest absolute Gasteiger partial charge is 0.323 e. The lowest BCUT2D eigenvalue weighted by Gasteiger charge is -2.33. The molecule has 1 saturated heterocycles. The fourth-order valence-corrected chi connectivity index (χ4v) is 6.74. The van der Waals surface area contributed by atoms with Crippen LogP contribution in [0.3, 0.4) is 0 Å². The number of urea groups is 1. The maximum Gasteiger partial charge on any atom is 0.323 e. The molecule has 5 N–H and O–H groups in total. The first-order valence-electron chi connectivity index (χ1n) is 18.4. The first-order chi connectivity index (χ1) is 24.9. The van der Waals surface area contributed by atoms with Crippen molar-refractivity contribution in [3.63, 3.8) is 0 Å². The molecule has 2 aromatic heterocycles. The number of nitrogens with one attached hydrogen (secondary N) is 3. The highest BCUT2D eigenvalue weighted by atomic mass is 16.5. The van der Waals surface area contributed by atoms with Gasteiger partial charge in [0.1, 0.15) is 29.9 Å². The minimum absolute atomic E-state index is 0.174.